The van der Waals surface area contributed by atoms with E-state index in [1.54, 1.807) is 0 Å². The fourth-order valence-electron chi connectivity index (χ4n) is 3.09. The predicted octanol–water partition coefficient (Wildman–Crippen LogP) is 2.96. The molecule has 0 aromatic carbocycles. The van der Waals surface area contributed by atoms with E-state index in [-0.39, 0.29) is 12.5 Å². The summed E-state index contributed by atoms with van der Waals surface area (Å²) in [4.78, 5) is 24.6. The van der Waals surface area contributed by atoms with Crippen LogP contribution in [0, 0.1) is 5.41 Å². The molecule has 0 atom stereocenters. The second-order valence-corrected chi connectivity index (χ2v) is 6.19. The van der Waals surface area contributed by atoms with E-state index in [9.17, 15) is 27.9 Å². The number of carboxylic acids is 1. The third-order valence-electron chi connectivity index (χ3n) is 4.41. The van der Waals surface area contributed by atoms with Crippen LogP contribution in [-0.2, 0) is 9.59 Å². The van der Waals surface area contributed by atoms with Crippen LogP contribution in [0.4, 0.5) is 13.2 Å². The van der Waals surface area contributed by atoms with Crippen LogP contribution in [0.15, 0.2) is 0 Å². The average Bonchev–Trinajstić information content (AvgIpc) is 3.20. The lowest BCUT2D eigenvalue weighted by Crippen LogP contribution is -2.45. The number of nitrogens with zero attached hydrogens (tertiary/aromatic N) is 1. The van der Waals surface area contributed by atoms with E-state index in [0.717, 1.165) is 11.3 Å². The second-order valence-electron chi connectivity index (χ2n) is 6.19. The maximum atomic E-state index is 12.6. The van der Waals surface area contributed by atoms with Gasteiger partial charge in [-0.25, -0.2) is 0 Å². The maximum absolute atomic E-state index is 12.6. The van der Waals surface area contributed by atoms with Gasteiger partial charge < -0.3 is 10.0 Å². The zero-order valence-electron chi connectivity index (χ0n) is 11.8. The molecule has 2 aliphatic carbocycles. The minimum atomic E-state index is -4.44. The van der Waals surface area contributed by atoms with Gasteiger partial charge in [-0.15, -0.1) is 0 Å². The van der Waals surface area contributed by atoms with Crippen molar-refractivity contribution < 1.29 is 27.9 Å². The molecule has 120 valence electrons. The van der Waals surface area contributed by atoms with Crippen molar-refractivity contribution in [3.05, 3.63) is 0 Å². The van der Waals surface area contributed by atoms with Gasteiger partial charge in [0.1, 0.15) is 6.54 Å². The van der Waals surface area contributed by atoms with Gasteiger partial charge in [-0.1, -0.05) is 19.3 Å². The molecular formula is C14H20F3NO3. The lowest BCUT2D eigenvalue weighted by Gasteiger charge is -2.34. The molecule has 0 saturated heterocycles. The molecule has 2 rings (SSSR count). The lowest BCUT2D eigenvalue weighted by atomic mass is 9.71. The monoisotopic (exact) mass is 307 g/mol. The first kappa shape index (κ1) is 16.1. The van der Waals surface area contributed by atoms with E-state index < -0.39 is 30.0 Å². The number of aliphatic carboxylic acids is 1. The van der Waals surface area contributed by atoms with Crippen LogP contribution >= 0.6 is 0 Å². The summed E-state index contributed by atoms with van der Waals surface area (Å²) in [5.74, 6) is -1.72. The number of halogens is 3. The van der Waals surface area contributed by atoms with Gasteiger partial charge >= 0.3 is 12.1 Å². The molecular weight excluding hydrogens is 287 g/mol. The van der Waals surface area contributed by atoms with Crippen molar-refractivity contribution in [2.75, 3.05) is 6.54 Å². The standard InChI is InChI=1S/C14H20F3NO3/c15-14(16,17)9-18(10-4-5-10)11(19)8-13(12(20)21)6-2-1-3-7-13/h10H,1-9H2,(H,20,21). The van der Waals surface area contributed by atoms with Crippen molar-refractivity contribution in [2.45, 2.75) is 63.6 Å². The quantitative estimate of drug-likeness (QED) is 0.849. The second kappa shape index (κ2) is 5.85. The number of carbonyl (C=O) groups is 2. The first-order chi connectivity index (χ1) is 9.73. The summed E-state index contributed by atoms with van der Waals surface area (Å²) in [7, 11) is 0. The van der Waals surface area contributed by atoms with Crippen molar-refractivity contribution >= 4 is 11.9 Å². The third kappa shape index (κ3) is 4.11. The molecule has 0 unspecified atom stereocenters. The summed E-state index contributed by atoms with van der Waals surface area (Å²) in [6, 6.07) is -0.367. The fourth-order valence-corrected chi connectivity index (χ4v) is 3.09. The van der Waals surface area contributed by atoms with E-state index in [1.807, 2.05) is 0 Å². The van der Waals surface area contributed by atoms with Crippen LogP contribution in [0.1, 0.15) is 51.4 Å². The zero-order valence-corrected chi connectivity index (χ0v) is 11.8. The molecule has 0 aliphatic heterocycles. The normalized spacial score (nSPS) is 21.9. The van der Waals surface area contributed by atoms with E-state index in [1.165, 1.54) is 0 Å². The van der Waals surface area contributed by atoms with Crippen molar-refractivity contribution in [3.63, 3.8) is 0 Å². The van der Waals surface area contributed by atoms with Crippen molar-refractivity contribution in [1.29, 1.82) is 0 Å². The number of hydrogen-bond acceptors (Lipinski definition) is 2. The van der Waals surface area contributed by atoms with E-state index in [4.69, 9.17) is 0 Å². The minimum Gasteiger partial charge on any atom is -0.481 e. The van der Waals surface area contributed by atoms with E-state index >= 15 is 0 Å². The summed E-state index contributed by atoms with van der Waals surface area (Å²) < 4.78 is 37.7. The van der Waals surface area contributed by atoms with Crippen LogP contribution < -0.4 is 0 Å². The molecule has 2 aliphatic rings. The highest BCUT2D eigenvalue weighted by atomic mass is 19.4. The van der Waals surface area contributed by atoms with Crippen molar-refractivity contribution in [3.8, 4) is 0 Å². The Morgan fingerprint density at radius 1 is 1.14 bits per heavy atom. The van der Waals surface area contributed by atoms with Crippen molar-refractivity contribution in [2.24, 2.45) is 5.41 Å². The largest absolute Gasteiger partial charge is 0.481 e. The summed E-state index contributed by atoms with van der Waals surface area (Å²) >= 11 is 0. The number of amides is 1. The Bertz CT molecular complexity index is 412. The van der Waals surface area contributed by atoms with E-state index in [2.05, 4.69) is 0 Å². The molecule has 2 saturated carbocycles. The number of hydrogen-bond donors (Lipinski definition) is 1. The molecule has 1 amide bonds. The number of carbonyl (C=O) groups excluding carboxylic acids is 1. The smallest absolute Gasteiger partial charge is 0.406 e. The van der Waals surface area contributed by atoms with Crippen LogP contribution in [0.5, 0.6) is 0 Å². The molecule has 0 bridgehead atoms. The number of rotatable bonds is 5. The Balaban J connectivity index is 2.07. The Kier molecular flexibility index (Phi) is 4.49. The summed E-state index contributed by atoms with van der Waals surface area (Å²) in [5.41, 5.74) is -1.17. The molecule has 0 aromatic heterocycles. The van der Waals surface area contributed by atoms with Gasteiger partial charge in [0.05, 0.1) is 5.41 Å². The Morgan fingerprint density at radius 3 is 2.14 bits per heavy atom. The third-order valence-corrected chi connectivity index (χ3v) is 4.41. The molecule has 0 heterocycles. The molecule has 7 heteroatoms. The first-order valence-electron chi connectivity index (χ1n) is 7.33. The molecule has 0 aromatic rings. The van der Waals surface area contributed by atoms with Crippen LogP contribution in [-0.4, -0.2) is 40.6 Å². The predicted molar refractivity (Wildman–Crippen MR) is 68.6 cm³/mol. The zero-order chi connectivity index (χ0) is 15.7. The van der Waals surface area contributed by atoms with Crippen LogP contribution in [0.2, 0.25) is 0 Å². The van der Waals surface area contributed by atoms with Gasteiger partial charge in [0.25, 0.3) is 0 Å². The van der Waals surface area contributed by atoms with Gasteiger partial charge in [0.15, 0.2) is 0 Å². The van der Waals surface area contributed by atoms with Gasteiger partial charge in [0.2, 0.25) is 5.91 Å². The van der Waals surface area contributed by atoms with Crippen LogP contribution in [0.3, 0.4) is 0 Å². The molecule has 1 N–H and O–H groups in total. The molecule has 21 heavy (non-hydrogen) atoms. The first-order valence-corrected chi connectivity index (χ1v) is 7.33. The number of alkyl halides is 3. The van der Waals surface area contributed by atoms with Gasteiger partial charge in [-0.2, -0.15) is 13.2 Å². The average molecular weight is 307 g/mol. The van der Waals surface area contributed by atoms with Gasteiger partial charge in [-0.05, 0) is 25.7 Å². The fraction of sp³-hybridized carbons (Fsp3) is 0.857. The summed E-state index contributed by atoms with van der Waals surface area (Å²) in [6.45, 7) is -1.27. The Morgan fingerprint density at radius 2 is 1.71 bits per heavy atom. The Labute approximate surface area is 121 Å². The SMILES string of the molecule is O=C(CC1(C(=O)O)CCCCC1)N(CC(F)(F)F)C1CC1. The maximum Gasteiger partial charge on any atom is 0.406 e. The summed E-state index contributed by atoms with van der Waals surface area (Å²) in [5, 5.41) is 9.41. The molecule has 0 radical (unpaired) electrons. The van der Waals surface area contributed by atoms with Gasteiger partial charge in [-0.3, -0.25) is 9.59 Å². The van der Waals surface area contributed by atoms with Gasteiger partial charge in [0, 0.05) is 12.5 Å². The highest BCUT2D eigenvalue weighted by Gasteiger charge is 2.46. The number of carboxylic acid groups (broad SMARTS) is 1. The Hall–Kier alpha value is -1.27. The highest BCUT2D eigenvalue weighted by Crippen LogP contribution is 2.41. The topological polar surface area (TPSA) is 57.6 Å². The van der Waals surface area contributed by atoms with Crippen LogP contribution in [0.25, 0.3) is 0 Å². The minimum absolute atomic E-state index is 0.311. The van der Waals surface area contributed by atoms with Crippen molar-refractivity contribution in [1.82, 2.24) is 4.90 Å². The lowest BCUT2D eigenvalue weighted by molar-refractivity contribution is -0.167. The van der Waals surface area contributed by atoms with E-state index in [0.29, 0.717) is 38.5 Å². The molecule has 2 fully saturated rings. The molecule has 4 nitrogen and oxygen atoms in total. The summed E-state index contributed by atoms with van der Waals surface area (Å²) in [6.07, 6.45) is -0.528. The molecule has 0 spiro atoms. The highest BCUT2D eigenvalue weighted by molar-refractivity contribution is 5.85.